The van der Waals surface area contributed by atoms with Crippen LogP contribution in [-0.4, -0.2) is 24.7 Å². The molecule has 2 aromatic carbocycles. The highest BCUT2D eigenvalue weighted by molar-refractivity contribution is 5.85. The molecule has 0 saturated carbocycles. The van der Waals surface area contributed by atoms with Gasteiger partial charge in [-0.25, -0.2) is 4.98 Å². The van der Waals surface area contributed by atoms with Gasteiger partial charge >= 0.3 is 0 Å². The van der Waals surface area contributed by atoms with Crippen LogP contribution in [0.4, 0.5) is 5.82 Å². The molecule has 2 heterocycles. The minimum Gasteiger partial charge on any atom is -0.497 e. The third-order valence-corrected chi connectivity index (χ3v) is 5.49. The fourth-order valence-electron chi connectivity index (χ4n) is 3.96. The Kier molecular flexibility index (Phi) is 4.79. The molecule has 26 heavy (non-hydrogen) atoms. The van der Waals surface area contributed by atoms with Crippen LogP contribution in [0.1, 0.15) is 32.6 Å². The average Bonchev–Trinajstić information content (AvgIpc) is 2.73. The van der Waals surface area contributed by atoms with Gasteiger partial charge in [0.15, 0.2) is 0 Å². The Morgan fingerprint density at radius 1 is 1.00 bits per heavy atom. The van der Waals surface area contributed by atoms with E-state index >= 15 is 0 Å². The fourth-order valence-corrected chi connectivity index (χ4v) is 3.96. The van der Waals surface area contributed by atoms with Gasteiger partial charge in [0.05, 0.1) is 12.6 Å². The highest BCUT2D eigenvalue weighted by Gasteiger charge is 2.22. The molecule has 0 amide bonds. The molecule has 4 rings (SSSR count). The lowest BCUT2D eigenvalue weighted by Gasteiger charge is -2.36. The summed E-state index contributed by atoms with van der Waals surface area (Å²) in [5.74, 6) is 2.01. The summed E-state index contributed by atoms with van der Waals surface area (Å²) in [7, 11) is 1.69. The fraction of sp³-hybridized carbons (Fsp3) is 0.348. The lowest BCUT2D eigenvalue weighted by molar-refractivity contribution is 0.415. The zero-order valence-corrected chi connectivity index (χ0v) is 15.6. The highest BCUT2D eigenvalue weighted by Crippen LogP contribution is 2.29. The topological polar surface area (TPSA) is 25.4 Å². The first-order valence-electron chi connectivity index (χ1n) is 9.60. The third-order valence-electron chi connectivity index (χ3n) is 5.49. The Labute approximate surface area is 155 Å². The van der Waals surface area contributed by atoms with Crippen LogP contribution in [0.15, 0.2) is 54.6 Å². The molecule has 3 nitrogen and oxygen atoms in total. The Bertz CT molecular complexity index is 888. The molecule has 1 aliphatic rings. The quantitative estimate of drug-likeness (QED) is 0.608. The van der Waals surface area contributed by atoms with Crippen molar-refractivity contribution in [2.45, 2.75) is 38.6 Å². The summed E-state index contributed by atoms with van der Waals surface area (Å²) in [6, 6.07) is 19.8. The number of piperidine rings is 1. The zero-order valence-electron chi connectivity index (χ0n) is 15.6. The molecule has 1 unspecified atom stereocenters. The van der Waals surface area contributed by atoms with E-state index in [-0.39, 0.29) is 0 Å². The van der Waals surface area contributed by atoms with E-state index in [0.717, 1.165) is 23.6 Å². The van der Waals surface area contributed by atoms with Gasteiger partial charge in [0.1, 0.15) is 11.6 Å². The number of hydrogen-bond donors (Lipinski definition) is 0. The van der Waals surface area contributed by atoms with Gasteiger partial charge in [0, 0.05) is 18.0 Å². The van der Waals surface area contributed by atoms with E-state index in [1.165, 1.54) is 42.2 Å². The summed E-state index contributed by atoms with van der Waals surface area (Å²) >= 11 is 0. The molecular formula is C23H26N2O. The van der Waals surface area contributed by atoms with Gasteiger partial charge < -0.3 is 9.64 Å². The predicted octanol–water partition coefficient (Wildman–Crippen LogP) is 5.68. The summed E-state index contributed by atoms with van der Waals surface area (Å²) in [6.07, 6.45) is 5.09. The van der Waals surface area contributed by atoms with Crippen LogP contribution in [0, 0.1) is 0 Å². The van der Waals surface area contributed by atoms with E-state index in [4.69, 9.17) is 9.72 Å². The van der Waals surface area contributed by atoms with Crippen molar-refractivity contribution < 1.29 is 4.74 Å². The molecule has 3 heteroatoms. The highest BCUT2D eigenvalue weighted by atomic mass is 16.5. The standard InChI is InChI=1S/C23H26N2O/c1-3-20-6-4-5-15-25(20)23-14-10-19-16-18(9-13-22(19)24-23)17-7-11-21(26-2)12-8-17/h7-14,16,20H,3-6,15H2,1-2H3. The van der Waals surface area contributed by atoms with Gasteiger partial charge in [-0.05, 0) is 73.2 Å². The van der Waals surface area contributed by atoms with E-state index in [1.54, 1.807) is 7.11 Å². The van der Waals surface area contributed by atoms with E-state index in [2.05, 4.69) is 54.3 Å². The molecule has 1 atom stereocenters. The zero-order chi connectivity index (χ0) is 17.9. The van der Waals surface area contributed by atoms with Gasteiger partial charge in [-0.2, -0.15) is 0 Å². The summed E-state index contributed by atoms with van der Waals surface area (Å²) in [6.45, 7) is 3.41. The first-order chi connectivity index (χ1) is 12.8. The van der Waals surface area contributed by atoms with Crippen LogP contribution in [0.25, 0.3) is 22.0 Å². The number of ether oxygens (including phenoxy) is 1. The van der Waals surface area contributed by atoms with E-state index < -0.39 is 0 Å². The van der Waals surface area contributed by atoms with Crippen LogP contribution in [0.5, 0.6) is 5.75 Å². The maximum absolute atomic E-state index is 5.25. The summed E-state index contributed by atoms with van der Waals surface area (Å²) in [5, 5.41) is 1.19. The van der Waals surface area contributed by atoms with Crippen LogP contribution in [-0.2, 0) is 0 Å². The summed E-state index contributed by atoms with van der Waals surface area (Å²) in [4.78, 5) is 7.47. The molecule has 0 aliphatic carbocycles. The molecule has 3 aromatic rings. The molecule has 134 valence electrons. The second-order valence-corrected chi connectivity index (χ2v) is 7.06. The van der Waals surface area contributed by atoms with Crippen molar-refractivity contribution in [3.63, 3.8) is 0 Å². The minimum absolute atomic E-state index is 0.632. The van der Waals surface area contributed by atoms with Gasteiger partial charge in [0.2, 0.25) is 0 Å². The van der Waals surface area contributed by atoms with Crippen molar-refractivity contribution in [3.05, 3.63) is 54.6 Å². The average molecular weight is 346 g/mol. The molecule has 0 spiro atoms. The van der Waals surface area contributed by atoms with Crippen LogP contribution in [0.3, 0.4) is 0 Å². The number of methoxy groups -OCH3 is 1. The summed E-state index contributed by atoms with van der Waals surface area (Å²) in [5.41, 5.74) is 3.47. The van der Waals surface area contributed by atoms with Crippen LogP contribution < -0.4 is 9.64 Å². The molecule has 1 fully saturated rings. The molecule has 0 N–H and O–H groups in total. The number of benzene rings is 2. The van der Waals surface area contributed by atoms with Crippen molar-refractivity contribution in [1.82, 2.24) is 4.98 Å². The largest absolute Gasteiger partial charge is 0.497 e. The molecule has 1 aliphatic heterocycles. The second-order valence-electron chi connectivity index (χ2n) is 7.06. The van der Waals surface area contributed by atoms with Crippen molar-refractivity contribution in [2.75, 3.05) is 18.6 Å². The summed E-state index contributed by atoms with van der Waals surface area (Å²) < 4.78 is 5.25. The lowest BCUT2D eigenvalue weighted by atomic mass is 9.99. The number of fused-ring (bicyclic) bond motifs is 1. The number of rotatable bonds is 4. The molecule has 1 saturated heterocycles. The Balaban J connectivity index is 1.65. The second kappa shape index (κ2) is 7.36. The normalized spacial score (nSPS) is 17.5. The van der Waals surface area contributed by atoms with Crippen LogP contribution >= 0.6 is 0 Å². The van der Waals surface area contributed by atoms with E-state index in [0.29, 0.717) is 6.04 Å². The molecule has 0 radical (unpaired) electrons. The van der Waals surface area contributed by atoms with Crippen molar-refractivity contribution >= 4 is 16.7 Å². The van der Waals surface area contributed by atoms with Crippen molar-refractivity contribution in [2.24, 2.45) is 0 Å². The lowest BCUT2D eigenvalue weighted by Crippen LogP contribution is -2.39. The Morgan fingerprint density at radius 3 is 2.58 bits per heavy atom. The third kappa shape index (κ3) is 3.26. The monoisotopic (exact) mass is 346 g/mol. The molecular weight excluding hydrogens is 320 g/mol. The first kappa shape index (κ1) is 16.9. The predicted molar refractivity (Wildman–Crippen MR) is 109 cm³/mol. The van der Waals surface area contributed by atoms with Gasteiger partial charge in [0.25, 0.3) is 0 Å². The number of aromatic nitrogens is 1. The Hall–Kier alpha value is -2.55. The maximum Gasteiger partial charge on any atom is 0.129 e. The van der Waals surface area contributed by atoms with Crippen LogP contribution in [0.2, 0.25) is 0 Å². The number of pyridine rings is 1. The smallest absolute Gasteiger partial charge is 0.129 e. The molecule has 0 bridgehead atoms. The van der Waals surface area contributed by atoms with E-state index in [1.807, 2.05) is 12.1 Å². The number of anilines is 1. The number of hydrogen-bond acceptors (Lipinski definition) is 3. The molecule has 1 aromatic heterocycles. The first-order valence-corrected chi connectivity index (χ1v) is 9.60. The number of nitrogens with zero attached hydrogens (tertiary/aromatic N) is 2. The van der Waals surface area contributed by atoms with Crippen molar-refractivity contribution in [1.29, 1.82) is 0 Å². The van der Waals surface area contributed by atoms with Gasteiger partial charge in [-0.1, -0.05) is 25.1 Å². The van der Waals surface area contributed by atoms with Gasteiger partial charge in [-0.15, -0.1) is 0 Å². The SMILES string of the molecule is CCC1CCCCN1c1ccc2cc(-c3ccc(OC)cc3)ccc2n1. The minimum atomic E-state index is 0.632. The maximum atomic E-state index is 5.25. The van der Waals surface area contributed by atoms with E-state index in [9.17, 15) is 0 Å². The van der Waals surface area contributed by atoms with Gasteiger partial charge in [-0.3, -0.25) is 0 Å². The van der Waals surface area contributed by atoms with Crippen molar-refractivity contribution in [3.8, 4) is 16.9 Å². The Morgan fingerprint density at radius 2 is 1.81 bits per heavy atom.